The maximum absolute atomic E-state index is 5.94. The van der Waals surface area contributed by atoms with Crippen molar-refractivity contribution in [3.8, 4) is 0 Å². The first-order valence-corrected chi connectivity index (χ1v) is 6.01. The lowest BCUT2D eigenvalue weighted by molar-refractivity contribution is 0.821. The fourth-order valence-electron chi connectivity index (χ4n) is 1.83. The van der Waals surface area contributed by atoms with E-state index < -0.39 is 0 Å². The van der Waals surface area contributed by atoms with Crippen LogP contribution < -0.4 is 0 Å². The third-order valence-corrected chi connectivity index (χ3v) is 2.90. The normalized spacial score (nSPS) is 10.3. The van der Waals surface area contributed by atoms with Crippen LogP contribution in [0.5, 0.6) is 0 Å². The number of rotatable bonds is 4. The highest BCUT2D eigenvalue weighted by molar-refractivity contribution is 6.30. The van der Waals surface area contributed by atoms with Gasteiger partial charge in [-0.15, -0.1) is 0 Å². The molecular formula is C15H15Cl. The molecule has 0 nitrogen and oxygen atoms in total. The van der Waals surface area contributed by atoms with Crippen molar-refractivity contribution >= 4 is 11.6 Å². The Balaban J connectivity index is 1.85. The molecule has 0 aromatic heterocycles. The molecule has 0 saturated heterocycles. The Morgan fingerprint density at radius 3 is 2.19 bits per heavy atom. The van der Waals surface area contributed by atoms with Gasteiger partial charge in [0.25, 0.3) is 0 Å². The summed E-state index contributed by atoms with van der Waals surface area (Å²) in [6.07, 6.45) is 3.40. The molecule has 0 atom stereocenters. The smallest absolute Gasteiger partial charge is 0.0408 e. The minimum atomic E-state index is 0.831. The highest BCUT2D eigenvalue weighted by Gasteiger charge is 1.96. The second-order valence-corrected chi connectivity index (χ2v) is 4.41. The Bertz CT molecular complexity index is 434. The van der Waals surface area contributed by atoms with Crippen LogP contribution in [-0.4, -0.2) is 0 Å². The molecule has 2 aromatic carbocycles. The fourth-order valence-corrected chi connectivity index (χ4v) is 2.05. The highest BCUT2D eigenvalue weighted by atomic mass is 35.5. The van der Waals surface area contributed by atoms with E-state index in [9.17, 15) is 0 Å². The number of hydrogen-bond acceptors (Lipinski definition) is 0. The summed E-state index contributed by atoms with van der Waals surface area (Å²) >= 11 is 5.94. The zero-order valence-corrected chi connectivity index (χ0v) is 9.95. The monoisotopic (exact) mass is 230 g/mol. The van der Waals surface area contributed by atoms with Crippen LogP contribution in [0, 0.1) is 0 Å². The Morgan fingerprint density at radius 2 is 1.44 bits per heavy atom. The predicted molar refractivity (Wildman–Crippen MR) is 69.9 cm³/mol. The lowest BCUT2D eigenvalue weighted by atomic mass is 10.0. The van der Waals surface area contributed by atoms with E-state index in [1.807, 2.05) is 18.2 Å². The summed E-state index contributed by atoms with van der Waals surface area (Å²) in [6.45, 7) is 0. The quantitative estimate of drug-likeness (QED) is 0.725. The van der Waals surface area contributed by atoms with Gasteiger partial charge >= 0.3 is 0 Å². The second-order valence-electron chi connectivity index (χ2n) is 3.97. The van der Waals surface area contributed by atoms with Gasteiger partial charge in [0.15, 0.2) is 0 Å². The Morgan fingerprint density at radius 1 is 0.750 bits per heavy atom. The largest absolute Gasteiger partial charge is 0.0843 e. The van der Waals surface area contributed by atoms with Crippen molar-refractivity contribution in [1.82, 2.24) is 0 Å². The molecule has 0 N–H and O–H groups in total. The van der Waals surface area contributed by atoms with Gasteiger partial charge in [-0.05, 0) is 42.5 Å². The van der Waals surface area contributed by atoms with Crippen molar-refractivity contribution in [2.24, 2.45) is 0 Å². The number of benzene rings is 2. The summed E-state index contributed by atoms with van der Waals surface area (Å²) in [4.78, 5) is 0. The molecule has 1 heteroatoms. The average Bonchev–Trinajstić information content (AvgIpc) is 2.30. The molecule has 2 rings (SSSR count). The average molecular weight is 231 g/mol. The third kappa shape index (κ3) is 3.39. The summed E-state index contributed by atoms with van der Waals surface area (Å²) < 4.78 is 0. The first-order chi connectivity index (χ1) is 7.84. The van der Waals surface area contributed by atoms with E-state index in [0.717, 1.165) is 17.9 Å². The molecule has 16 heavy (non-hydrogen) atoms. The van der Waals surface area contributed by atoms with E-state index >= 15 is 0 Å². The lowest BCUT2D eigenvalue weighted by Gasteiger charge is -2.02. The van der Waals surface area contributed by atoms with Crippen molar-refractivity contribution in [3.05, 3.63) is 70.7 Å². The molecule has 0 fully saturated rings. The van der Waals surface area contributed by atoms with Gasteiger partial charge in [-0.25, -0.2) is 0 Å². The molecule has 0 bridgehead atoms. The fraction of sp³-hybridized carbons (Fsp3) is 0.200. The summed E-state index contributed by atoms with van der Waals surface area (Å²) in [5.41, 5.74) is 2.73. The van der Waals surface area contributed by atoms with E-state index in [2.05, 4.69) is 36.4 Å². The molecular weight excluding hydrogens is 216 g/mol. The minimum absolute atomic E-state index is 0.831. The van der Waals surface area contributed by atoms with Gasteiger partial charge in [0.1, 0.15) is 0 Å². The van der Waals surface area contributed by atoms with E-state index in [1.165, 1.54) is 17.5 Å². The molecule has 0 saturated carbocycles. The Hall–Kier alpha value is -1.27. The van der Waals surface area contributed by atoms with Crippen molar-refractivity contribution < 1.29 is 0 Å². The third-order valence-electron chi connectivity index (χ3n) is 2.66. The van der Waals surface area contributed by atoms with Crippen molar-refractivity contribution in [2.45, 2.75) is 19.3 Å². The zero-order valence-electron chi connectivity index (χ0n) is 9.20. The molecule has 0 heterocycles. The lowest BCUT2D eigenvalue weighted by Crippen LogP contribution is -1.89. The van der Waals surface area contributed by atoms with Crippen LogP contribution in [0.3, 0.4) is 0 Å². The van der Waals surface area contributed by atoms with E-state index in [1.54, 1.807) is 0 Å². The van der Waals surface area contributed by atoms with E-state index in [-0.39, 0.29) is 0 Å². The Labute approximate surface area is 102 Å². The second kappa shape index (κ2) is 5.72. The first-order valence-electron chi connectivity index (χ1n) is 5.63. The van der Waals surface area contributed by atoms with Gasteiger partial charge in [0, 0.05) is 5.02 Å². The van der Waals surface area contributed by atoms with Crippen LogP contribution in [0.2, 0.25) is 5.02 Å². The number of halogens is 1. The van der Waals surface area contributed by atoms with Crippen molar-refractivity contribution in [2.75, 3.05) is 0 Å². The van der Waals surface area contributed by atoms with Crippen LogP contribution in [0.4, 0.5) is 0 Å². The summed E-state index contributed by atoms with van der Waals surface area (Å²) in [5.74, 6) is 0. The van der Waals surface area contributed by atoms with Gasteiger partial charge in [-0.3, -0.25) is 0 Å². The molecule has 2 aromatic rings. The van der Waals surface area contributed by atoms with Gasteiger partial charge in [0.2, 0.25) is 0 Å². The standard InChI is InChI=1S/C15H15Cl/c16-15-11-5-10-14(12-15)9-4-8-13-6-2-1-3-7-13/h1-3,5-7,10-12H,4,8-9H2. The van der Waals surface area contributed by atoms with Gasteiger partial charge in [-0.1, -0.05) is 54.1 Å². The van der Waals surface area contributed by atoms with Gasteiger partial charge < -0.3 is 0 Å². The van der Waals surface area contributed by atoms with Crippen LogP contribution >= 0.6 is 11.6 Å². The van der Waals surface area contributed by atoms with E-state index in [4.69, 9.17) is 11.6 Å². The maximum atomic E-state index is 5.94. The summed E-state index contributed by atoms with van der Waals surface area (Å²) in [7, 11) is 0. The van der Waals surface area contributed by atoms with Gasteiger partial charge in [-0.2, -0.15) is 0 Å². The van der Waals surface area contributed by atoms with Crippen LogP contribution in [0.1, 0.15) is 17.5 Å². The minimum Gasteiger partial charge on any atom is -0.0843 e. The van der Waals surface area contributed by atoms with Crippen LogP contribution in [0.15, 0.2) is 54.6 Å². The molecule has 0 unspecified atom stereocenters. The molecule has 0 aliphatic carbocycles. The van der Waals surface area contributed by atoms with Crippen molar-refractivity contribution in [1.29, 1.82) is 0 Å². The molecule has 0 aliphatic rings. The molecule has 0 spiro atoms. The Kier molecular flexibility index (Phi) is 4.01. The van der Waals surface area contributed by atoms with Crippen LogP contribution in [-0.2, 0) is 12.8 Å². The van der Waals surface area contributed by atoms with E-state index in [0.29, 0.717) is 0 Å². The highest BCUT2D eigenvalue weighted by Crippen LogP contribution is 2.13. The predicted octanol–water partition coefficient (Wildman–Crippen LogP) is 4.52. The maximum Gasteiger partial charge on any atom is 0.0408 e. The topological polar surface area (TPSA) is 0 Å². The zero-order chi connectivity index (χ0) is 11.2. The number of hydrogen-bond donors (Lipinski definition) is 0. The van der Waals surface area contributed by atoms with Crippen molar-refractivity contribution in [3.63, 3.8) is 0 Å². The SMILES string of the molecule is Clc1cccc(CCCc2ccccc2)c1. The number of aryl methyl sites for hydroxylation is 2. The van der Waals surface area contributed by atoms with Gasteiger partial charge in [0.05, 0.1) is 0 Å². The van der Waals surface area contributed by atoms with Crippen LogP contribution in [0.25, 0.3) is 0 Å². The first kappa shape index (κ1) is 11.2. The molecule has 0 radical (unpaired) electrons. The summed E-state index contributed by atoms with van der Waals surface area (Å²) in [6, 6.07) is 18.7. The molecule has 0 aliphatic heterocycles. The summed E-state index contributed by atoms with van der Waals surface area (Å²) in [5, 5.41) is 0.831. The molecule has 82 valence electrons. The molecule has 0 amide bonds.